The molecule has 0 fully saturated rings. The molecular weight excluding hydrogens is 349 g/mol. The molecule has 0 saturated carbocycles. The van der Waals surface area contributed by atoms with Crippen molar-refractivity contribution in [1.82, 2.24) is 9.78 Å². The van der Waals surface area contributed by atoms with Crippen molar-refractivity contribution < 1.29 is 9.18 Å². The molecule has 4 nitrogen and oxygen atoms in total. The maximum atomic E-state index is 13.4. The van der Waals surface area contributed by atoms with Crippen molar-refractivity contribution in [3.63, 3.8) is 0 Å². The number of benzene rings is 1. The molecule has 2 aromatic rings. The van der Waals surface area contributed by atoms with E-state index in [9.17, 15) is 9.18 Å². The molecule has 1 aromatic heterocycles. The molecule has 2 rings (SSSR count). The predicted octanol–water partition coefficient (Wildman–Crippen LogP) is 4.21. The van der Waals surface area contributed by atoms with Crippen molar-refractivity contribution in [2.45, 2.75) is 33.2 Å². The van der Waals surface area contributed by atoms with Gasteiger partial charge in [0.1, 0.15) is 10.4 Å². The minimum atomic E-state index is -0.367. The lowest BCUT2D eigenvalue weighted by Crippen LogP contribution is -2.31. The molecule has 0 aliphatic rings. The lowest BCUT2D eigenvalue weighted by Gasteiger charge is -2.22. The first-order valence-electron chi connectivity index (χ1n) is 7.07. The van der Waals surface area contributed by atoms with E-state index >= 15 is 0 Å². The fraction of sp³-hybridized carbons (Fsp3) is 0.375. The highest BCUT2D eigenvalue weighted by molar-refractivity contribution is 9.10. The summed E-state index contributed by atoms with van der Waals surface area (Å²) in [7, 11) is 0. The van der Waals surface area contributed by atoms with Crippen molar-refractivity contribution >= 4 is 27.5 Å². The van der Waals surface area contributed by atoms with E-state index in [4.69, 9.17) is 0 Å². The van der Waals surface area contributed by atoms with Crippen LogP contribution in [0.15, 0.2) is 35.1 Å². The third-order valence-corrected chi connectivity index (χ3v) is 4.02. The van der Waals surface area contributed by atoms with Gasteiger partial charge in [-0.1, -0.05) is 6.07 Å². The number of amides is 1. The Labute approximate surface area is 138 Å². The van der Waals surface area contributed by atoms with Crippen molar-refractivity contribution in [2.24, 2.45) is 0 Å². The molecular formula is C16H19BrFN3O. The van der Waals surface area contributed by atoms with Gasteiger partial charge in [-0.05, 0) is 61.8 Å². The molecule has 0 N–H and O–H groups in total. The summed E-state index contributed by atoms with van der Waals surface area (Å²) < 4.78 is 15.8. The predicted molar refractivity (Wildman–Crippen MR) is 88.7 cm³/mol. The van der Waals surface area contributed by atoms with Gasteiger partial charge in [-0.25, -0.2) is 4.39 Å². The van der Waals surface area contributed by atoms with Crippen LogP contribution in [-0.2, 0) is 5.54 Å². The number of carbonyl (C=O) groups excluding carboxylic acids is 1. The van der Waals surface area contributed by atoms with Crippen LogP contribution in [0.1, 0.15) is 38.1 Å². The van der Waals surface area contributed by atoms with Crippen LogP contribution in [0.2, 0.25) is 0 Å². The van der Waals surface area contributed by atoms with Crippen molar-refractivity contribution in [2.75, 3.05) is 11.4 Å². The van der Waals surface area contributed by atoms with Crippen LogP contribution < -0.4 is 4.90 Å². The summed E-state index contributed by atoms with van der Waals surface area (Å²) in [5.41, 5.74) is 0.747. The highest BCUT2D eigenvalue weighted by Gasteiger charge is 2.25. The second-order valence-electron chi connectivity index (χ2n) is 5.96. The number of aromatic nitrogens is 2. The van der Waals surface area contributed by atoms with Gasteiger partial charge in [-0.2, -0.15) is 5.10 Å². The molecule has 0 bridgehead atoms. The summed E-state index contributed by atoms with van der Waals surface area (Å²) in [6.07, 6.45) is 1.54. The Kier molecular flexibility index (Phi) is 4.70. The number of hydrogen-bond donors (Lipinski definition) is 0. The molecule has 0 spiro atoms. The van der Waals surface area contributed by atoms with E-state index in [-0.39, 0.29) is 17.3 Å². The van der Waals surface area contributed by atoms with E-state index in [1.54, 1.807) is 23.0 Å². The van der Waals surface area contributed by atoms with E-state index in [0.717, 1.165) is 0 Å². The Hall–Kier alpha value is -1.69. The molecule has 6 heteroatoms. The molecule has 118 valence electrons. The highest BCUT2D eigenvalue weighted by Crippen LogP contribution is 2.26. The van der Waals surface area contributed by atoms with Crippen LogP contribution >= 0.6 is 15.9 Å². The standard InChI is InChI=1S/C16H19BrFN3O/c1-5-20(12-8-6-7-11(18)9-12)15(22)13-10-19-21(14(13)17)16(2,3)4/h6-10H,5H2,1-4H3. The Bertz CT molecular complexity index is 691. The van der Waals surface area contributed by atoms with E-state index in [2.05, 4.69) is 21.0 Å². The monoisotopic (exact) mass is 367 g/mol. The molecule has 0 unspecified atom stereocenters. The molecule has 1 amide bonds. The molecule has 0 aliphatic carbocycles. The number of anilines is 1. The Morgan fingerprint density at radius 2 is 2.09 bits per heavy atom. The third-order valence-electron chi connectivity index (χ3n) is 3.26. The minimum Gasteiger partial charge on any atom is -0.308 e. The molecule has 0 atom stereocenters. The van der Waals surface area contributed by atoms with Gasteiger partial charge in [0.15, 0.2) is 0 Å². The summed E-state index contributed by atoms with van der Waals surface area (Å²) in [4.78, 5) is 14.3. The van der Waals surface area contributed by atoms with E-state index in [0.29, 0.717) is 22.4 Å². The van der Waals surface area contributed by atoms with Crippen LogP contribution in [-0.4, -0.2) is 22.2 Å². The fourth-order valence-electron chi connectivity index (χ4n) is 2.18. The van der Waals surface area contributed by atoms with Crippen LogP contribution in [0.3, 0.4) is 0 Å². The maximum absolute atomic E-state index is 13.4. The van der Waals surface area contributed by atoms with Crippen LogP contribution in [0, 0.1) is 5.82 Å². The van der Waals surface area contributed by atoms with Gasteiger partial charge in [0, 0.05) is 12.2 Å². The molecule has 1 heterocycles. The molecule has 1 aromatic carbocycles. The van der Waals surface area contributed by atoms with E-state index in [1.807, 2.05) is 27.7 Å². The average Bonchev–Trinajstić information content (AvgIpc) is 2.81. The van der Waals surface area contributed by atoms with Gasteiger partial charge in [0.25, 0.3) is 5.91 Å². The van der Waals surface area contributed by atoms with Gasteiger partial charge >= 0.3 is 0 Å². The zero-order chi connectivity index (χ0) is 16.5. The second-order valence-corrected chi connectivity index (χ2v) is 6.71. The number of hydrogen-bond acceptors (Lipinski definition) is 2. The molecule has 0 radical (unpaired) electrons. The van der Waals surface area contributed by atoms with Gasteiger partial charge in [0.2, 0.25) is 0 Å². The number of nitrogens with zero attached hydrogens (tertiary/aromatic N) is 3. The zero-order valence-corrected chi connectivity index (χ0v) is 14.7. The first kappa shape index (κ1) is 16.7. The van der Waals surface area contributed by atoms with Crippen LogP contribution in [0.5, 0.6) is 0 Å². The lowest BCUT2D eigenvalue weighted by atomic mass is 10.1. The summed E-state index contributed by atoms with van der Waals surface area (Å²) in [5.74, 6) is -0.580. The highest BCUT2D eigenvalue weighted by atomic mass is 79.9. The summed E-state index contributed by atoms with van der Waals surface area (Å²) >= 11 is 3.45. The van der Waals surface area contributed by atoms with Gasteiger partial charge in [-0.15, -0.1) is 0 Å². The minimum absolute atomic E-state index is 0.213. The molecule has 22 heavy (non-hydrogen) atoms. The zero-order valence-electron chi connectivity index (χ0n) is 13.1. The molecule has 0 saturated heterocycles. The van der Waals surface area contributed by atoms with E-state index in [1.165, 1.54) is 17.0 Å². The van der Waals surface area contributed by atoms with Crippen LogP contribution in [0.4, 0.5) is 10.1 Å². The summed E-state index contributed by atoms with van der Waals surface area (Å²) in [6, 6.07) is 6.01. The first-order valence-corrected chi connectivity index (χ1v) is 7.86. The lowest BCUT2D eigenvalue weighted by molar-refractivity contribution is 0.0987. The van der Waals surface area contributed by atoms with Gasteiger partial charge in [0.05, 0.1) is 17.3 Å². The molecule has 0 aliphatic heterocycles. The number of rotatable bonds is 3. The SMILES string of the molecule is CCN(C(=O)c1cnn(C(C)(C)C)c1Br)c1cccc(F)c1. The number of carbonyl (C=O) groups is 1. The van der Waals surface area contributed by atoms with E-state index < -0.39 is 0 Å². The average molecular weight is 368 g/mol. The van der Waals surface area contributed by atoms with Gasteiger partial charge < -0.3 is 4.90 Å². The van der Waals surface area contributed by atoms with Crippen molar-refractivity contribution in [3.8, 4) is 0 Å². The quantitative estimate of drug-likeness (QED) is 0.814. The Balaban J connectivity index is 2.40. The first-order chi connectivity index (χ1) is 10.3. The normalized spacial score (nSPS) is 11.5. The van der Waals surface area contributed by atoms with Crippen LogP contribution in [0.25, 0.3) is 0 Å². The largest absolute Gasteiger partial charge is 0.308 e. The Morgan fingerprint density at radius 3 is 2.59 bits per heavy atom. The van der Waals surface area contributed by atoms with Gasteiger partial charge in [-0.3, -0.25) is 9.48 Å². The summed E-state index contributed by atoms with van der Waals surface area (Å²) in [5, 5.41) is 4.28. The fourth-order valence-corrected chi connectivity index (χ4v) is 3.07. The van der Waals surface area contributed by atoms with Crippen molar-refractivity contribution in [3.05, 3.63) is 46.4 Å². The van der Waals surface area contributed by atoms with Crippen molar-refractivity contribution in [1.29, 1.82) is 0 Å². The topological polar surface area (TPSA) is 38.1 Å². The smallest absolute Gasteiger partial charge is 0.262 e. The number of halogens is 2. The Morgan fingerprint density at radius 1 is 1.41 bits per heavy atom. The third kappa shape index (κ3) is 3.21. The maximum Gasteiger partial charge on any atom is 0.262 e. The summed E-state index contributed by atoms with van der Waals surface area (Å²) in [6.45, 7) is 8.30. The second kappa shape index (κ2) is 6.20.